The van der Waals surface area contributed by atoms with E-state index in [9.17, 15) is 14.7 Å². The summed E-state index contributed by atoms with van der Waals surface area (Å²) in [5.74, 6) is -0.397. The van der Waals surface area contributed by atoms with Crippen molar-refractivity contribution in [2.45, 2.75) is 31.8 Å². The SMILES string of the molecule is Cc1ccc(-c2nc([C@@](C)(O)CNC(=O)c3ccc4nn(C)cc4c3)cc3c2OC[C@]3(C)C(N)=O)cc1. The quantitative estimate of drug-likeness (QED) is 0.374. The van der Waals surface area contributed by atoms with Crippen LogP contribution in [0, 0.1) is 6.92 Å². The van der Waals surface area contributed by atoms with Gasteiger partial charge in [-0.15, -0.1) is 0 Å². The monoisotopic (exact) mass is 499 g/mol. The van der Waals surface area contributed by atoms with Crippen LogP contribution in [0.15, 0.2) is 54.7 Å². The number of pyridine rings is 1. The number of aryl methyl sites for hydroxylation is 2. The van der Waals surface area contributed by atoms with Gasteiger partial charge in [-0.1, -0.05) is 29.8 Å². The number of primary amides is 1. The maximum atomic E-state index is 12.9. The summed E-state index contributed by atoms with van der Waals surface area (Å²) in [4.78, 5) is 30.1. The van der Waals surface area contributed by atoms with Gasteiger partial charge < -0.3 is 20.9 Å². The second-order valence-corrected chi connectivity index (χ2v) is 10.1. The van der Waals surface area contributed by atoms with Gasteiger partial charge in [0.1, 0.15) is 29.1 Å². The zero-order chi connectivity index (χ0) is 26.5. The number of benzene rings is 2. The molecule has 0 saturated heterocycles. The molecule has 1 aliphatic rings. The molecular weight excluding hydrogens is 470 g/mol. The number of carbonyl (C=O) groups excluding carboxylic acids is 2. The smallest absolute Gasteiger partial charge is 0.251 e. The summed E-state index contributed by atoms with van der Waals surface area (Å²) < 4.78 is 7.62. The van der Waals surface area contributed by atoms with Gasteiger partial charge in [-0.05, 0) is 45.0 Å². The molecule has 9 heteroatoms. The Morgan fingerprint density at radius 1 is 1.22 bits per heavy atom. The average Bonchev–Trinajstić information content (AvgIpc) is 3.41. The molecule has 9 nitrogen and oxygen atoms in total. The Hall–Kier alpha value is -4.24. The highest BCUT2D eigenvalue weighted by Crippen LogP contribution is 2.45. The summed E-state index contributed by atoms with van der Waals surface area (Å²) in [7, 11) is 1.82. The Labute approximate surface area is 214 Å². The van der Waals surface area contributed by atoms with Crippen LogP contribution in [0.5, 0.6) is 5.75 Å². The minimum absolute atomic E-state index is 0.0807. The van der Waals surface area contributed by atoms with E-state index in [1.165, 1.54) is 0 Å². The molecule has 3 heterocycles. The molecule has 190 valence electrons. The summed E-state index contributed by atoms with van der Waals surface area (Å²) in [5, 5.41) is 19.4. The van der Waals surface area contributed by atoms with Gasteiger partial charge in [0.2, 0.25) is 5.91 Å². The summed E-state index contributed by atoms with van der Waals surface area (Å²) in [6, 6.07) is 14.6. The summed E-state index contributed by atoms with van der Waals surface area (Å²) in [6.45, 7) is 5.25. The van der Waals surface area contributed by atoms with Crippen LogP contribution in [0.4, 0.5) is 0 Å². The van der Waals surface area contributed by atoms with E-state index < -0.39 is 16.9 Å². The van der Waals surface area contributed by atoms with Gasteiger partial charge in [0.05, 0.1) is 17.8 Å². The van der Waals surface area contributed by atoms with Crippen molar-refractivity contribution in [3.63, 3.8) is 0 Å². The molecule has 0 radical (unpaired) electrons. The van der Waals surface area contributed by atoms with E-state index in [2.05, 4.69) is 10.4 Å². The van der Waals surface area contributed by atoms with Crippen molar-refractivity contribution in [1.29, 1.82) is 0 Å². The number of hydrogen-bond donors (Lipinski definition) is 3. The Morgan fingerprint density at radius 3 is 2.65 bits per heavy atom. The molecule has 0 aliphatic carbocycles. The maximum absolute atomic E-state index is 12.9. The van der Waals surface area contributed by atoms with Crippen LogP contribution in [0.3, 0.4) is 0 Å². The van der Waals surface area contributed by atoms with E-state index in [1.54, 1.807) is 42.8 Å². The van der Waals surface area contributed by atoms with Crippen LogP contribution in [-0.4, -0.2) is 44.8 Å². The van der Waals surface area contributed by atoms with Crippen molar-refractivity contribution >= 4 is 22.7 Å². The summed E-state index contributed by atoms with van der Waals surface area (Å²) in [6.07, 6.45) is 1.83. The second-order valence-electron chi connectivity index (χ2n) is 10.1. The molecule has 2 aromatic heterocycles. The van der Waals surface area contributed by atoms with Crippen molar-refractivity contribution in [2.24, 2.45) is 12.8 Å². The van der Waals surface area contributed by atoms with E-state index in [1.807, 2.05) is 44.4 Å². The molecule has 0 bridgehead atoms. The van der Waals surface area contributed by atoms with E-state index >= 15 is 0 Å². The summed E-state index contributed by atoms with van der Waals surface area (Å²) >= 11 is 0. The molecule has 1 aliphatic heterocycles. The number of amides is 2. The van der Waals surface area contributed by atoms with Crippen LogP contribution in [0.2, 0.25) is 0 Å². The van der Waals surface area contributed by atoms with Gasteiger partial charge in [0.15, 0.2) is 0 Å². The molecule has 0 saturated carbocycles. The normalized spacial score (nSPS) is 18.2. The summed E-state index contributed by atoms with van der Waals surface area (Å²) in [5.41, 5.74) is 7.59. The highest BCUT2D eigenvalue weighted by Gasteiger charge is 2.45. The second kappa shape index (κ2) is 8.70. The van der Waals surface area contributed by atoms with Gasteiger partial charge in [-0.3, -0.25) is 14.3 Å². The Morgan fingerprint density at radius 2 is 1.95 bits per heavy atom. The Kier molecular flexibility index (Phi) is 5.75. The number of carbonyl (C=O) groups is 2. The molecule has 0 fully saturated rings. The van der Waals surface area contributed by atoms with E-state index in [0.717, 1.165) is 22.0 Å². The van der Waals surface area contributed by atoms with Gasteiger partial charge >= 0.3 is 0 Å². The number of rotatable bonds is 6. The number of nitrogens with zero attached hydrogens (tertiary/aromatic N) is 3. The van der Waals surface area contributed by atoms with Crippen molar-refractivity contribution in [2.75, 3.05) is 13.2 Å². The zero-order valence-corrected chi connectivity index (χ0v) is 21.2. The molecular formula is C28H29N5O4. The Balaban J connectivity index is 1.49. The lowest BCUT2D eigenvalue weighted by atomic mass is 9.82. The van der Waals surface area contributed by atoms with Crippen LogP contribution in [0.1, 0.15) is 41.0 Å². The molecule has 0 spiro atoms. The number of fused-ring (bicyclic) bond motifs is 2. The first-order valence-corrected chi connectivity index (χ1v) is 12.0. The predicted octanol–water partition coefficient (Wildman–Crippen LogP) is 2.72. The number of nitrogens with two attached hydrogens (primary N) is 1. The highest BCUT2D eigenvalue weighted by molar-refractivity contribution is 5.98. The first-order chi connectivity index (χ1) is 17.5. The average molecular weight is 500 g/mol. The number of ether oxygens (including phenoxy) is 1. The van der Waals surface area contributed by atoms with E-state index in [0.29, 0.717) is 28.3 Å². The largest absolute Gasteiger partial charge is 0.489 e. The molecule has 2 aromatic carbocycles. The first kappa shape index (κ1) is 24.5. The Bertz CT molecular complexity index is 1540. The fraction of sp³-hybridized carbons (Fsp3) is 0.286. The zero-order valence-electron chi connectivity index (χ0n) is 21.2. The highest BCUT2D eigenvalue weighted by atomic mass is 16.5. The number of aromatic nitrogens is 3. The number of aliphatic hydroxyl groups is 1. The van der Waals surface area contributed by atoms with E-state index in [4.69, 9.17) is 15.5 Å². The predicted molar refractivity (Wildman–Crippen MR) is 139 cm³/mol. The first-order valence-electron chi connectivity index (χ1n) is 12.0. The van der Waals surface area contributed by atoms with Crippen molar-refractivity contribution in [3.05, 3.63) is 77.1 Å². The molecule has 2 amide bonds. The third-order valence-corrected chi connectivity index (χ3v) is 6.97. The van der Waals surface area contributed by atoms with Crippen molar-refractivity contribution in [1.82, 2.24) is 20.1 Å². The van der Waals surface area contributed by atoms with Crippen LogP contribution < -0.4 is 15.8 Å². The molecule has 4 aromatic rings. The number of hydrogen-bond acceptors (Lipinski definition) is 6. The molecule has 0 unspecified atom stereocenters. The molecule has 4 N–H and O–H groups in total. The maximum Gasteiger partial charge on any atom is 0.251 e. The van der Waals surface area contributed by atoms with Gasteiger partial charge in [0, 0.05) is 35.3 Å². The third kappa shape index (κ3) is 4.31. The van der Waals surface area contributed by atoms with Crippen molar-refractivity contribution < 1.29 is 19.4 Å². The molecule has 5 rings (SSSR count). The lowest BCUT2D eigenvalue weighted by Gasteiger charge is -2.26. The van der Waals surface area contributed by atoms with Crippen LogP contribution >= 0.6 is 0 Å². The van der Waals surface area contributed by atoms with Gasteiger partial charge in [-0.2, -0.15) is 5.10 Å². The van der Waals surface area contributed by atoms with Gasteiger partial charge in [-0.25, -0.2) is 4.98 Å². The fourth-order valence-electron chi connectivity index (χ4n) is 4.51. The lowest BCUT2D eigenvalue weighted by molar-refractivity contribution is -0.123. The fourth-order valence-corrected chi connectivity index (χ4v) is 4.51. The van der Waals surface area contributed by atoms with Crippen LogP contribution in [-0.2, 0) is 22.9 Å². The van der Waals surface area contributed by atoms with Crippen LogP contribution in [0.25, 0.3) is 22.2 Å². The van der Waals surface area contributed by atoms with Crippen molar-refractivity contribution in [3.8, 4) is 17.0 Å². The minimum Gasteiger partial charge on any atom is -0.489 e. The minimum atomic E-state index is -1.55. The molecule has 37 heavy (non-hydrogen) atoms. The third-order valence-electron chi connectivity index (χ3n) is 6.97. The lowest BCUT2D eigenvalue weighted by Crippen LogP contribution is -2.41. The molecule has 2 atom stereocenters. The standard InChI is InChI=1S/C28H29N5O4/c1-16-5-7-17(8-6-16)23-24-20(27(2,15-37-24)26(29)35)12-22(31-23)28(3,36)14-30-25(34)18-9-10-21-19(11-18)13-33(4)32-21/h5-13,36H,14-15H2,1-4H3,(H2,29,35)(H,30,34)/t27-,28-/m0/s1. The topological polar surface area (TPSA) is 132 Å². The van der Waals surface area contributed by atoms with Gasteiger partial charge in [0.25, 0.3) is 5.91 Å². The van der Waals surface area contributed by atoms with E-state index in [-0.39, 0.29) is 19.1 Å². The number of nitrogens with one attached hydrogen (secondary N) is 1.